The summed E-state index contributed by atoms with van der Waals surface area (Å²) in [5.41, 5.74) is 6.26. The third-order valence-electron chi connectivity index (χ3n) is 4.18. The number of ketones is 1. The summed E-state index contributed by atoms with van der Waals surface area (Å²) in [5, 5.41) is 10.1. The van der Waals surface area contributed by atoms with Crippen LogP contribution in [-0.4, -0.2) is 21.1 Å². The number of hydrogen-bond acceptors (Lipinski definition) is 6. The minimum absolute atomic E-state index is 0.0111. The van der Waals surface area contributed by atoms with E-state index in [-0.39, 0.29) is 28.4 Å². The highest BCUT2D eigenvalue weighted by atomic mass is 32.2. The molecule has 142 valence electrons. The fraction of sp³-hybridized carbons (Fsp3) is 0.400. The highest BCUT2D eigenvalue weighted by Crippen LogP contribution is 2.20. The van der Waals surface area contributed by atoms with Crippen LogP contribution >= 0.6 is 11.8 Å². The maximum atomic E-state index is 12.9. The zero-order chi connectivity index (χ0) is 19.8. The smallest absolute Gasteiger partial charge is 0.262 e. The van der Waals surface area contributed by atoms with Crippen molar-refractivity contribution in [3.63, 3.8) is 0 Å². The summed E-state index contributed by atoms with van der Waals surface area (Å²) < 4.78 is 1.64. The number of carbonyl (C=O) groups is 1. The molecule has 0 aliphatic carbocycles. The lowest BCUT2D eigenvalue weighted by molar-refractivity contribution is -0.112. The van der Waals surface area contributed by atoms with Crippen LogP contribution in [0.5, 0.6) is 0 Å². The van der Waals surface area contributed by atoms with Crippen molar-refractivity contribution in [2.75, 3.05) is 5.75 Å². The molecule has 0 atom stereocenters. The molecule has 1 aromatic carbocycles. The first-order valence-electron chi connectivity index (χ1n) is 9.01. The van der Waals surface area contributed by atoms with Gasteiger partial charge in [-0.1, -0.05) is 50.1 Å². The van der Waals surface area contributed by atoms with Crippen LogP contribution in [0.4, 0.5) is 0 Å². The van der Waals surface area contributed by atoms with Crippen molar-refractivity contribution < 1.29 is 4.79 Å². The van der Waals surface area contributed by atoms with Crippen LogP contribution in [0.1, 0.15) is 39.5 Å². The summed E-state index contributed by atoms with van der Waals surface area (Å²) in [7, 11) is 0. The lowest BCUT2D eigenvalue weighted by Gasteiger charge is -2.13. The zero-order valence-corrected chi connectivity index (χ0v) is 16.5. The number of thioether (sulfide) groups is 1. The first-order valence-corrected chi connectivity index (χ1v) is 10.00. The molecular weight excluding hydrogens is 360 g/mol. The van der Waals surface area contributed by atoms with Crippen molar-refractivity contribution in [2.45, 2.75) is 51.2 Å². The Kier molecular flexibility index (Phi) is 7.62. The average Bonchev–Trinajstić information content (AvgIpc) is 2.65. The first-order chi connectivity index (χ1) is 13.0. The molecule has 0 bridgehead atoms. The quantitative estimate of drug-likeness (QED) is 0.234. The summed E-state index contributed by atoms with van der Waals surface area (Å²) in [5.74, 6) is -0.348. The third-order valence-corrected chi connectivity index (χ3v) is 5.16. The molecule has 7 heteroatoms. The highest BCUT2D eigenvalue weighted by molar-refractivity contribution is 7.99. The number of para-hydroxylation sites is 1. The third kappa shape index (κ3) is 5.20. The van der Waals surface area contributed by atoms with Gasteiger partial charge in [0, 0.05) is 12.2 Å². The summed E-state index contributed by atoms with van der Waals surface area (Å²) in [4.78, 5) is 29.7. The number of unbranched alkanes of at least 4 members (excludes halogenated alkanes) is 3. The molecule has 2 rings (SSSR count). The van der Waals surface area contributed by atoms with Gasteiger partial charge in [0.05, 0.1) is 16.7 Å². The van der Waals surface area contributed by atoms with Crippen LogP contribution in [0.2, 0.25) is 0 Å². The van der Waals surface area contributed by atoms with Crippen LogP contribution < -0.4 is 11.3 Å². The highest BCUT2D eigenvalue weighted by Gasteiger charge is 2.16. The molecule has 6 nitrogen and oxygen atoms in total. The molecule has 0 radical (unpaired) electrons. The van der Waals surface area contributed by atoms with E-state index in [9.17, 15) is 9.59 Å². The molecule has 0 amide bonds. The maximum absolute atomic E-state index is 12.9. The lowest BCUT2D eigenvalue weighted by Crippen LogP contribution is -2.24. The van der Waals surface area contributed by atoms with E-state index < -0.39 is 0 Å². The van der Waals surface area contributed by atoms with Gasteiger partial charge in [-0.25, -0.2) is 4.98 Å². The molecule has 1 aromatic heterocycles. The number of Topliss-reactive ketones (excluding diaryl/α,β-unsaturated/α-hetero) is 1. The van der Waals surface area contributed by atoms with E-state index in [4.69, 9.17) is 11.0 Å². The SMILES string of the molecule is CCCCCCn1c(SCC(=O)/C(C#N)=C(\C)N)nc2ccccc2c1=O. The van der Waals surface area contributed by atoms with Crippen molar-refractivity contribution in [2.24, 2.45) is 5.73 Å². The van der Waals surface area contributed by atoms with E-state index in [1.165, 1.54) is 18.7 Å². The van der Waals surface area contributed by atoms with Crippen molar-refractivity contribution in [3.05, 3.63) is 45.9 Å². The second-order valence-corrected chi connectivity index (χ2v) is 7.25. The Morgan fingerprint density at radius 2 is 2.04 bits per heavy atom. The van der Waals surface area contributed by atoms with Crippen LogP contribution in [0.15, 0.2) is 45.5 Å². The Hall–Kier alpha value is -2.59. The van der Waals surface area contributed by atoms with Gasteiger partial charge in [0.25, 0.3) is 5.56 Å². The van der Waals surface area contributed by atoms with Gasteiger partial charge in [-0.3, -0.25) is 14.2 Å². The Balaban J connectivity index is 2.33. The van der Waals surface area contributed by atoms with Gasteiger partial charge in [0.2, 0.25) is 0 Å². The number of nitriles is 1. The monoisotopic (exact) mass is 384 g/mol. The number of nitrogens with zero attached hydrogens (tertiary/aromatic N) is 3. The van der Waals surface area contributed by atoms with Gasteiger partial charge in [-0.15, -0.1) is 0 Å². The fourth-order valence-electron chi connectivity index (χ4n) is 2.72. The number of nitrogens with two attached hydrogens (primary N) is 1. The van der Waals surface area contributed by atoms with E-state index in [2.05, 4.69) is 11.9 Å². The lowest BCUT2D eigenvalue weighted by atomic mass is 10.2. The number of carbonyl (C=O) groups excluding carboxylic acids is 1. The van der Waals surface area contributed by atoms with Gasteiger partial charge >= 0.3 is 0 Å². The molecule has 2 aromatic rings. The minimum atomic E-state index is -0.359. The number of aromatic nitrogens is 2. The fourth-order valence-corrected chi connectivity index (χ4v) is 3.62. The van der Waals surface area contributed by atoms with E-state index >= 15 is 0 Å². The van der Waals surface area contributed by atoms with E-state index in [1.807, 2.05) is 18.2 Å². The molecule has 0 fully saturated rings. The van der Waals surface area contributed by atoms with E-state index in [1.54, 1.807) is 16.7 Å². The predicted octanol–water partition coefficient (Wildman–Crippen LogP) is 3.39. The molecule has 0 aliphatic heterocycles. The van der Waals surface area contributed by atoms with Gasteiger partial charge in [0.1, 0.15) is 11.6 Å². The number of allylic oxidation sites excluding steroid dienone is 2. The second kappa shape index (κ2) is 9.93. The maximum Gasteiger partial charge on any atom is 0.262 e. The molecule has 0 aliphatic rings. The van der Waals surface area contributed by atoms with Crippen LogP contribution in [-0.2, 0) is 11.3 Å². The molecule has 0 unspecified atom stereocenters. The molecule has 0 saturated heterocycles. The molecule has 0 spiro atoms. The molecule has 1 heterocycles. The Morgan fingerprint density at radius 1 is 1.30 bits per heavy atom. The predicted molar refractivity (Wildman–Crippen MR) is 108 cm³/mol. The Labute approximate surface area is 163 Å². The van der Waals surface area contributed by atoms with E-state index in [0.29, 0.717) is 22.6 Å². The minimum Gasteiger partial charge on any atom is -0.401 e. The summed E-state index contributed by atoms with van der Waals surface area (Å²) >= 11 is 1.17. The van der Waals surface area contributed by atoms with Gasteiger partial charge < -0.3 is 5.73 Å². The van der Waals surface area contributed by atoms with Crippen molar-refractivity contribution in [1.29, 1.82) is 5.26 Å². The number of hydrogen-bond donors (Lipinski definition) is 1. The van der Waals surface area contributed by atoms with Gasteiger partial charge in [0.15, 0.2) is 10.9 Å². The Bertz CT molecular complexity index is 953. The van der Waals surface area contributed by atoms with Crippen molar-refractivity contribution in [1.82, 2.24) is 9.55 Å². The van der Waals surface area contributed by atoms with E-state index in [0.717, 1.165) is 25.7 Å². The number of rotatable bonds is 9. The first kappa shape index (κ1) is 20.7. The molecule has 0 saturated carbocycles. The normalized spacial score (nSPS) is 11.9. The standard InChI is InChI=1S/C20H24N4O2S/c1-3-4-5-8-11-24-19(26)15-9-6-7-10-17(15)23-20(24)27-13-18(25)16(12-21)14(2)22/h6-7,9-10H,3-5,8,11,13,22H2,1-2H3/b16-14+. The number of benzene rings is 1. The van der Waals surface area contributed by atoms with Crippen LogP contribution in [0.3, 0.4) is 0 Å². The summed E-state index contributed by atoms with van der Waals surface area (Å²) in [6.07, 6.45) is 4.14. The topological polar surface area (TPSA) is 102 Å². The van der Waals surface area contributed by atoms with Gasteiger partial charge in [-0.2, -0.15) is 5.26 Å². The average molecular weight is 385 g/mol. The summed E-state index contributed by atoms with van der Waals surface area (Å²) in [6, 6.07) is 9.04. The zero-order valence-electron chi connectivity index (χ0n) is 15.7. The van der Waals surface area contributed by atoms with Crippen molar-refractivity contribution >= 4 is 28.4 Å². The van der Waals surface area contributed by atoms with Gasteiger partial charge in [-0.05, 0) is 25.5 Å². The van der Waals surface area contributed by atoms with Crippen molar-refractivity contribution in [3.8, 4) is 6.07 Å². The Morgan fingerprint density at radius 3 is 2.70 bits per heavy atom. The van der Waals surface area contributed by atoms with Crippen LogP contribution in [0, 0.1) is 11.3 Å². The molecular formula is C20H24N4O2S. The second-order valence-electron chi connectivity index (χ2n) is 6.31. The van der Waals surface area contributed by atoms with Crippen LogP contribution in [0.25, 0.3) is 10.9 Å². The number of fused-ring (bicyclic) bond motifs is 1. The summed E-state index contributed by atoms with van der Waals surface area (Å²) in [6.45, 7) is 4.22. The molecule has 27 heavy (non-hydrogen) atoms. The largest absolute Gasteiger partial charge is 0.401 e. The molecule has 2 N–H and O–H groups in total.